The summed E-state index contributed by atoms with van der Waals surface area (Å²) in [5.41, 5.74) is -0.301. The predicted molar refractivity (Wildman–Crippen MR) is 83.8 cm³/mol. The number of ether oxygens (including phenoxy) is 1. The molecule has 7 heteroatoms. The number of morpholine rings is 1. The van der Waals surface area contributed by atoms with E-state index < -0.39 is 0 Å². The van der Waals surface area contributed by atoms with E-state index in [0.29, 0.717) is 32.7 Å². The Kier molecular flexibility index (Phi) is 4.20. The van der Waals surface area contributed by atoms with E-state index in [1.54, 1.807) is 18.4 Å². The van der Waals surface area contributed by atoms with Crippen molar-refractivity contribution < 1.29 is 14.3 Å². The van der Waals surface area contributed by atoms with Gasteiger partial charge in [0.15, 0.2) is 0 Å². The number of hydrogen-bond donors (Lipinski definition) is 1. The van der Waals surface area contributed by atoms with Gasteiger partial charge in [0.05, 0.1) is 26.1 Å². The third-order valence-corrected chi connectivity index (χ3v) is 5.26. The van der Waals surface area contributed by atoms with Crippen LogP contribution in [0.25, 0.3) is 0 Å². The molecule has 6 nitrogen and oxygen atoms in total. The molecule has 2 amide bonds. The van der Waals surface area contributed by atoms with Crippen LogP contribution in [-0.2, 0) is 20.7 Å². The number of amides is 2. The van der Waals surface area contributed by atoms with Crippen molar-refractivity contribution >= 4 is 23.2 Å². The minimum atomic E-state index is -0.301. The second kappa shape index (κ2) is 5.98. The molecular formula is C15H21N3O3S. The van der Waals surface area contributed by atoms with Crippen LogP contribution in [0.4, 0.5) is 0 Å². The molecule has 1 aromatic heterocycles. The first-order chi connectivity index (χ1) is 10.5. The van der Waals surface area contributed by atoms with Crippen molar-refractivity contribution in [1.29, 1.82) is 0 Å². The molecule has 22 heavy (non-hydrogen) atoms. The van der Waals surface area contributed by atoms with E-state index in [9.17, 15) is 9.59 Å². The van der Waals surface area contributed by atoms with E-state index in [-0.39, 0.29) is 23.5 Å². The van der Waals surface area contributed by atoms with E-state index in [1.165, 1.54) is 0 Å². The van der Waals surface area contributed by atoms with Gasteiger partial charge in [-0.1, -0.05) is 6.07 Å². The third kappa shape index (κ3) is 2.88. The van der Waals surface area contributed by atoms with Gasteiger partial charge in [-0.15, -0.1) is 11.3 Å². The summed E-state index contributed by atoms with van der Waals surface area (Å²) in [6.07, 6.45) is 0.463. The number of carbonyl (C=O) groups is 2. The predicted octanol–water partition coefficient (Wildman–Crippen LogP) is -0.0518. The van der Waals surface area contributed by atoms with Gasteiger partial charge in [-0.05, 0) is 18.5 Å². The monoisotopic (exact) mass is 323 g/mol. The molecule has 1 aromatic rings. The number of hydrogen-bond acceptors (Lipinski definition) is 5. The first-order valence-electron chi connectivity index (χ1n) is 7.39. The van der Waals surface area contributed by atoms with Crippen LogP contribution in [0.1, 0.15) is 4.88 Å². The summed E-state index contributed by atoms with van der Waals surface area (Å²) in [6.45, 7) is 2.28. The Bertz CT molecular complexity index is 554. The fourth-order valence-electron chi connectivity index (χ4n) is 3.13. The first kappa shape index (κ1) is 15.5. The number of likely N-dealkylation sites (N-methyl/N-ethyl adjacent to an activating group) is 2. The van der Waals surface area contributed by atoms with Gasteiger partial charge >= 0.3 is 0 Å². The number of likely N-dealkylation sites (tertiary alicyclic amines) is 1. The third-order valence-electron chi connectivity index (χ3n) is 4.38. The number of nitrogens with zero attached hydrogens (tertiary/aromatic N) is 2. The Balaban J connectivity index is 1.52. The molecule has 1 N–H and O–H groups in total. The molecule has 3 rings (SSSR count). The van der Waals surface area contributed by atoms with Gasteiger partial charge in [-0.25, -0.2) is 0 Å². The van der Waals surface area contributed by atoms with Crippen LogP contribution in [0.5, 0.6) is 0 Å². The smallest absolute Gasteiger partial charge is 0.239 e. The zero-order valence-corrected chi connectivity index (χ0v) is 13.7. The SMILES string of the molecule is CNC(=O)[C@H]1COC2(CN(C(=O)Cc3cccs3)C2)CN1C. The van der Waals surface area contributed by atoms with E-state index in [1.807, 2.05) is 34.4 Å². The van der Waals surface area contributed by atoms with Gasteiger partial charge < -0.3 is 15.0 Å². The standard InChI is InChI=1S/C15H21N3O3S/c1-16-14(20)12-7-21-15(8-17(12)2)9-18(10-15)13(19)6-11-4-3-5-22-11/h3-5,12H,6-10H2,1-2H3,(H,16,20)/t12-/m1/s1. The van der Waals surface area contributed by atoms with Crippen LogP contribution in [0.15, 0.2) is 17.5 Å². The second-order valence-electron chi connectivity index (χ2n) is 6.05. The van der Waals surface area contributed by atoms with Crippen molar-refractivity contribution in [1.82, 2.24) is 15.1 Å². The topological polar surface area (TPSA) is 61.9 Å². The average Bonchev–Trinajstić information content (AvgIpc) is 2.96. The average molecular weight is 323 g/mol. The molecule has 2 saturated heterocycles. The summed E-state index contributed by atoms with van der Waals surface area (Å²) in [4.78, 5) is 28.9. The molecule has 0 aliphatic carbocycles. The molecule has 2 aliphatic heterocycles. The Morgan fingerprint density at radius 2 is 2.23 bits per heavy atom. The van der Waals surface area contributed by atoms with Crippen molar-refractivity contribution in [2.45, 2.75) is 18.1 Å². The lowest BCUT2D eigenvalue weighted by Crippen LogP contribution is -2.73. The highest BCUT2D eigenvalue weighted by molar-refractivity contribution is 7.10. The molecule has 0 bridgehead atoms. The Morgan fingerprint density at radius 3 is 2.82 bits per heavy atom. The number of nitrogens with one attached hydrogen (secondary N) is 1. The van der Waals surface area contributed by atoms with Crippen LogP contribution in [0.2, 0.25) is 0 Å². The number of carbonyl (C=O) groups excluding carboxylic acids is 2. The maximum Gasteiger partial charge on any atom is 0.239 e. The lowest BCUT2D eigenvalue weighted by Gasteiger charge is -2.54. The summed E-state index contributed by atoms with van der Waals surface area (Å²) in [6, 6.07) is 3.70. The summed E-state index contributed by atoms with van der Waals surface area (Å²) in [5, 5.41) is 4.64. The second-order valence-corrected chi connectivity index (χ2v) is 7.08. The molecule has 120 valence electrons. The number of rotatable bonds is 3. The quantitative estimate of drug-likeness (QED) is 0.847. The summed E-state index contributed by atoms with van der Waals surface area (Å²) < 4.78 is 5.93. The van der Waals surface area contributed by atoms with Crippen molar-refractivity contribution in [3.8, 4) is 0 Å². The van der Waals surface area contributed by atoms with E-state index >= 15 is 0 Å². The van der Waals surface area contributed by atoms with Crippen LogP contribution >= 0.6 is 11.3 Å². The Hall–Kier alpha value is -1.44. The largest absolute Gasteiger partial charge is 0.368 e. The zero-order valence-electron chi connectivity index (χ0n) is 12.9. The van der Waals surface area contributed by atoms with Gasteiger partial charge in [-0.3, -0.25) is 14.5 Å². The molecule has 3 heterocycles. The summed E-state index contributed by atoms with van der Waals surface area (Å²) in [7, 11) is 3.56. The highest BCUT2D eigenvalue weighted by Crippen LogP contribution is 2.31. The van der Waals surface area contributed by atoms with Gasteiger partial charge in [0.2, 0.25) is 11.8 Å². The van der Waals surface area contributed by atoms with E-state index in [4.69, 9.17) is 4.74 Å². The fourth-order valence-corrected chi connectivity index (χ4v) is 3.82. The molecule has 2 fully saturated rings. The molecule has 0 radical (unpaired) electrons. The van der Waals surface area contributed by atoms with Crippen LogP contribution in [0.3, 0.4) is 0 Å². The van der Waals surface area contributed by atoms with Crippen molar-refractivity contribution in [3.05, 3.63) is 22.4 Å². The number of thiophene rings is 1. The maximum absolute atomic E-state index is 12.2. The molecule has 0 aromatic carbocycles. The summed E-state index contributed by atoms with van der Waals surface area (Å²) in [5.74, 6) is 0.120. The minimum Gasteiger partial charge on any atom is -0.368 e. The minimum absolute atomic E-state index is 0.0256. The normalized spacial score (nSPS) is 24.1. The van der Waals surface area contributed by atoms with Gasteiger partial charge in [-0.2, -0.15) is 0 Å². The van der Waals surface area contributed by atoms with Gasteiger partial charge in [0.1, 0.15) is 11.6 Å². The molecule has 0 saturated carbocycles. The molecule has 1 atom stereocenters. The highest BCUT2D eigenvalue weighted by Gasteiger charge is 2.50. The first-order valence-corrected chi connectivity index (χ1v) is 8.27. The zero-order chi connectivity index (χ0) is 15.7. The van der Waals surface area contributed by atoms with Crippen molar-refractivity contribution in [2.24, 2.45) is 0 Å². The van der Waals surface area contributed by atoms with Crippen molar-refractivity contribution in [2.75, 3.05) is 40.3 Å². The van der Waals surface area contributed by atoms with Gasteiger partial charge in [0.25, 0.3) is 0 Å². The molecule has 0 unspecified atom stereocenters. The van der Waals surface area contributed by atoms with Crippen LogP contribution in [-0.4, -0.2) is 73.6 Å². The fraction of sp³-hybridized carbons (Fsp3) is 0.600. The van der Waals surface area contributed by atoms with Gasteiger partial charge in [0, 0.05) is 18.5 Å². The molecular weight excluding hydrogens is 302 g/mol. The van der Waals surface area contributed by atoms with E-state index in [2.05, 4.69) is 5.32 Å². The molecule has 2 aliphatic rings. The lowest BCUT2D eigenvalue weighted by atomic mass is 9.90. The van der Waals surface area contributed by atoms with Crippen LogP contribution < -0.4 is 5.32 Å². The summed E-state index contributed by atoms with van der Waals surface area (Å²) >= 11 is 1.61. The Labute approximate surface area is 134 Å². The highest BCUT2D eigenvalue weighted by atomic mass is 32.1. The maximum atomic E-state index is 12.2. The van der Waals surface area contributed by atoms with Crippen molar-refractivity contribution in [3.63, 3.8) is 0 Å². The lowest BCUT2D eigenvalue weighted by molar-refractivity contribution is -0.200. The van der Waals surface area contributed by atoms with E-state index in [0.717, 1.165) is 4.88 Å². The molecule has 1 spiro atoms. The Morgan fingerprint density at radius 1 is 1.45 bits per heavy atom. The van der Waals surface area contributed by atoms with Crippen LogP contribution in [0, 0.1) is 0 Å².